The molecule has 4 nitrogen and oxygen atoms in total. The molecule has 3 rings (SSSR count). The fourth-order valence-corrected chi connectivity index (χ4v) is 2.61. The van der Waals surface area contributed by atoms with Crippen molar-refractivity contribution in [3.8, 4) is 11.1 Å². The SMILES string of the molecule is COCc1n[nH]c(C)c1-c1ccc(C)c2ncccc12. The maximum Gasteiger partial charge on any atom is 0.0960 e. The van der Waals surface area contributed by atoms with Gasteiger partial charge in [0, 0.05) is 30.0 Å². The normalized spacial score (nSPS) is 11.2. The Morgan fingerprint density at radius 3 is 2.85 bits per heavy atom. The van der Waals surface area contributed by atoms with Gasteiger partial charge < -0.3 is 4.74 Å². The van der Waals surface area contributed by atoms with Crippen molar-refractivity contribution in [2.45, 2.75) is 20.5 Å². The standard InChI is InChI=1S/C16H17N3O/c1-10-6-7-12(13-5-4-8-17-16(10)13)15-11(2)18-19-14(15)9-20-3/h4-8H,9H2,1-3H3,(H,18,19). The largest absolute Gasteiger partial charge is 0.378 e. The maximum atomic E-state index is 5.24. The van der Waals surface area contributed by atoms with E-state index < -0.39 is 0 Å². The Kier molecular flexibility index (Phi) is 3.24. The second-order valence-corrected chi connectivity index (χ2v) is 4.93. The van der Waals surface area contributed by atoms with Crippen LogP contribution < -0.4 is 0 Å². The average Bonchev–Trinajstić information content (AvgIpc) is 2.82. The van der Waals surface area contributed by atoms with Gasteiger partial charge in [0.25, 0.3) is 0 Å². The summed E-state index contributed by atoms with van der Waals surface area (Å²) in [6, 6.07) is 8.31. The highest BCUT2D eigenvalue weighted by Crippen LogP contribution is 2.33. The summed E-state index contributed by atoms with van der Waals surface area (Å²) >= 11 is 0. The van der Waals surface area contributed by atoms with Crippen molar-refractivity contribution in [1.29, 1.82) is 0 Å². The first kappa shape index (κ1) is 12.8. The highest BCUT2D eigenvalue weighted by atomic mass is 16.5. The van der Waals surface area contributed by atoms with Gasteiger partial charge in [0.15, 0.2) is 0 Å². The number of pyridine rings is 1. The predicted molar refractivity (Wildman–Crippen MR) is 79.5 cm³/mol. The average molecular weight is 267 g/mol. The van der Waals surface area contributed by atoms with Crippen molar-refractivity contribution in [3.63, 3.8) is 0 Å². The van der Waals surface area contributed by atoms with E-state index in [-0.39, 0.29) is 0 Å². The zero-order valence-corrected chi connectivity index (χ0v) is 11.9. The van der Waals surface area contributed by atoms with Crippen LogP contribution in [0, 0.1) is 13.8 Å². The highest BCUT2D eigenvalue weighted by molar-refractivity contribution is 5.97. The fourth-order valence-electron chi connectivity index (χ4n) is 2.61. The molecule has 1 N–H and O–H groups in total. The first-order chi connectivity index (χ1) is 9.72. The van der Waals surface area contributed by atoms with E-state index >= 15 is 0 Å². The minimum Gasteiger partial charge on any atom is -0.378 e. The van der Waals surface area contributed by atoms with Crippen LogP contribution in [-0.2, 0) is 11.3 Å². The molecule has 0 fully saturated rings. The Labute approximate surface area is 117 Å². The van der Waals surface area contributed by atoms with E-state index in [9.17, 15) is 0 Å². The third kappa shape index (κ3) is 1.98. The van der Waals surface area contributed by atoms with Crippen LogP contribution in [0.25, 0.3) is 22.0 Å². The van der Waals surface area contributed by atoms with Crippen LogP contribution in [0.15, 0.2) is 30.5 Å². The van der Waals surface area contributed by atoms with Crippen molar-refractivity contribution in [2.24, 2.45) is 0 Å². The number of benzene rings is 1. The quantitative estimate of drug-likeness (QED) is 0.791. The van der Waals surface area contributed by atoms with Gasteiger partial charge in [0.2, 0.25) is 0 Å². The van der Waals surface area contributed by atoms with Crippen LogP contribution in [0.1, 0.15) is 17.0 Å². The van der Waals surface area contributed by atoms with Crippen molar-refractivity contribution >= 4 is 10.9 Å². The number of nitrogens with one attached hydrogen (secondary N) is 1. The second kappa shape index (κ2) is 5.06. The molecule has 4 heteroatoms. The van der Waals surface area contributed by atoms with Crippen LogP contribution in [0.2, 0.25) is 0 Å². The smallest absolute Gasteiger partial charge is 0.0960 e. The number of rotatable bonds is 3. The molecule has 20 heavy (non-hydrogen) atoms. The molecular formula is C16H17N3O. The molecule has 0 radical (unpaired) electrons. The number of fused-ring (bicyclic) bond motifs is 1. The number of methoxy groups -OCH3 is 1. The van der Waals surface area contributed by atoms with Gasteiger partial charge >= 0.3 is 0 Å². The lowest BCUT2D eigenvalue weighted by atomic mass is 9.97. The van der Waals surface area contributed by atoms with E-state index in [2.05, 4.69) is 40.3 Å². The molecule has 0 unspecified atom stereocenters. The van der Waals surface area contributed by atoms with Gasteiger partial charge in [-0.2, -0.15) is 5.10 Å². The minimum atomic E-state index is 0.495. The minimum absolute atomic E-state index is 0.495. The van der Waals surface area contributed by atoms with Crippen LogP contribution in [-0.4, -0.2) is 22.3 Å². The van der Waals surface area contributed by atoms with Crippen LogP contribution in [0.4, 0.5) is 0 Å². The lowest BCUT2D eigenvalue weighted by molar-refractivity contribution is 0.182. The van der Waals surface area contributed by atoms with Gasteiger partial charge in [-0.25, -0.2) is 0 Å². The summed E-state index contributed by atoms with van der Waals surface area (Å²) in [5.41, 5.74) is 6.46. The summed E-state index contributed by atoms with van der Waals surface area (Å²) in [6.07, 6.45) is 1.83. The lowest BCUT2D eigenvalue weighted by Gasteiger charge is -2.09. The summed E-state index contributed by atoms with van der Waals surface area (Å²) in [6.45, 7) is 4.61. The molecule has 1 aromatic carbocycles. The highest BCUT2D eigenvalue weighted by Gasteiger charge is 2.15. The summed E-state index contributed by atoms with van der Waals surface area (Å²) in [7, 11) is 1.68. The molecule has 0 amide bonds. The lowest BCUT2D eigenvalue weighted by Crippen LogP contribution is -1.93. The molecule has 0 aliphatic rings. The number of hydrogen-bond donors (Lipinski definition) is 1. The van der Waals surface area contributed by atoms with Gasteiger partial charge in [0.1, 0.15) is 0 Å². The third-order valence-corrected chi connectivity index (χ3v) is 3.54. The van der Waals surface area contributed by atoms with E-state index in [1.165, 1.54) is 5.56 Å². The Bertz CT molecular complexity index is 762. The summed E-state index contributed by atoms with van der Waals surface area (Å²) in [5, 5.41) is 8.54. The molecule has 0 aliphatic carbocycles. The number of ether oxygens (including phenoxy) is 1. The molecule has 0 saturated heterocycles. The number of H-pyrrole nitrogens is 1. The van der Waals surface area contributed by atoms with E-state index in [1.807, 2.05) is 19.2 Å². The molecule has 0 atom stereocenters. The number of nitrogens with zero attached hydrogens (tertiary/aromatic N) is 2. The van der Waals surface area contributed by atoms with Gasteiger partial charge in [-0.1, -0.05) is 18.2 Å². The summed E-state index contributed by atoms with van der Waals surface area (Å²) < 4.78 is 5.24. The van der Waals surface area contributed by atoms with E-state index in [0.717, 1.165) is 33.4 Å². The molecule has 0 saturated carbocycles. The van der Waals surface area contributed by atoms with Crippen molar-refractivity contribution in [2.75, 3.05) is 7.11 Å². The molecule has 2 heterocycles. The number of aromatic amines is 1. The van der Waals surface area contributed by atoms with E-state index in [0.29, 0.717) is 6.61 Å². The Hall–Kier alpha value is -2.20. The van der Waals surface area contributed by atoms with Gasteiger partial charge in [-0.3, -0.25) is 10.1 Å². The molecule has 2 aromatic heterocycles. The predicted octanol–water partition coefficient (Wildman–Crippen LogP) is 3.39. The summed E-state index contributed by atoms with van der Waals surface area (Å²) in [4.78, 5) is 4.49. The Morgan fingerprint density at radius 1 is 1.20 bits per heavy atom. The molecule has 0 aliphatic heterocycles. The van der Waals surface area contributed by atoms with Gasteiger partial charge in [-0.05, 0) is 31.0 Å². The molecular weight excluding hydrogens is 250 g/mol. The first-order valence-electron chi connectivity index (χ1n) is 6.60. The number of aromatic nitrogens is 3. The van der Waals surface area contributed by atoms with Gasteiger partial charge in [0.05, 0.1) is 17.8 Å². The monoisotopic (exact) mass is 267 g/mol. The van der Waals surface area contributed by atoms with Crippen molar-refractivity contribution in [3.05, 3.63) is 47.4 Å². The number of hydrogen-bond acceptors (Lipinski definition) is 3. The van der Waals surface area contributed by atoms with Crippen molar-refractivity contribution in [1.82, 2.24) is 15.2 Å². The zero-order chi connectivity index (χ0) is 14.1. The fraction of sp³-hybridized carbons (Fsp3) is 0.250. The molecule has 102 valence electrons. The second-order valence-electron chi connectivity index (χ2n) is 4.93. The Balaban J connectivity index is 2.30. The van der Waals surface area contributed by atoms with Crippen molar-refractivity contribution < 1.29 is 4.74 Å². The third-order valence-electron chi connectivity index (χ3n) is 3.54. The molecule has 0 bridgehead atoms. The summed E-state index contributed by atoms with van der Waals surface area (Å²) in [5.74, 6) is 0. The number of aryl methyl sites for hydroxylation is 2. The van der Waals surface area contributed by atoms with E-state index in [1.54, 1.807) is 7.11 Å². The molecule has 0 spiro atoms. The topological polar surface area (TPSA) is 50.8 Å². The maximum absolute atomic E-state index is 5.24. The van der Waals surface area contributed by atoms with Crippen LogP contribution in [0.5, 0.6) is 0 Å². The first-order valence-corrected chi connectivity index (χ1v) is 6.60. The van der Waals surface area contributed by atoms with Crippen LogP contribution in [0.3, 0.4) is 0 Å². The Morgan fingerprint density at radius 2 is 2.05 bits per heavy atom. The molecule has 3 aromatic rings. The van der Waals surface area contributed by atoms with Crippen LogP contribution >= 0.6 is 0 Å². The van der Waals surface area contributed by atoms with Gasteiger partial charge in [-0.15, -0.1) is 0 Å². The zero-order valence-electron chi connectivity index (χ0n) is 11.9. The van der Waals surface area contributed by atoms with E-state index in [4.69, 9.17) is 4.74 Å².